The van der Waals surface area contributed by atoms with Crippen molar-refractivity contribution in [3.63, 3.8) is 0 Å². The first kappa shape index (κ1) is 15.0. The molecule has 3 N–H and O–H groups in total. The van der Waals surface area contributed by atoms with Crippen LogP contribution in [0, 0.1) is 17.7 Å². The molecule has 6 heteroatoms. The van der Waals surface area contributed by atoms with Gasteiger partial charge in [0.1, 0.15) is 5.82 Å². The van der Waals surface area contributed by atoms with Gasteiger partial charge in [-0.15, -0.1) is 0 Å². The molecular weight excluding hydrogens is 273 g/mol. The van der Waals surface area contributed by atoms with E-state index in [1.807, 2.05) is 0 Å². The lowest BCUT2D eigenvalue weighted by molar-refractivity contribution is -0.120. The van der Waals surface area contributed by atoms with Gasteiger partial charge in [-0.2, -0.15) is 0 Å². The highest BCUT2D eigenvalue weighted by Crippen LogP contribution is 2.14. The Hall–Kier alpha value is -2.39. The third-order valence-electron chi connectivity index (χ3n) is 3.14. The van der Waals surface area contributed by atoms with Crippen LogP contribution in [0.3, 0.4) is 0 Å². The summed E-state index contributed by atoms with van der Waals surface area (Å²) < 4.78 is 13.3. The van der Waals surface area contributed by atoms with Gasteiger partial charge in [0.15, 0.2) is 0 Å². The van der Waals surface area contributed by atoms with Crippen LogP contribution in [-0.2, 0) is 4.79 Å². The van der Waals surface area contributed by atoms with Gasteiger partial charge in [0.2, 0.25) is 5.91 Å². The fraction of sp³-hybridized carbons (Fsp3) is 0.333. The second kappa shape index (κ2) is 6.86. The number of halogens is 1. The van der Waals surface area contributed by atoms with E-state index in [2.05, 4.69) is 17.2 Å². The summed E-state index contributed by atoms with van der Waals surface area (Å²) in [4.78, 5) is 25.4. The molecule has 0 radical (unpaired) electrons. The molecule has 1 aliphatic heterocycles. The molecule has 0 bridgehead atoms. The van der Waals surface area contributed by atoms with E-state index in [1.54, 1.807) is 4.90 Å². The molecule has 0 atom stereocenters. The summed E-state index contributed by atoms with van der Waals surface area (Å²) in [7, 11) is 0. The van der Waals surface area contributed by atoms with Crippen LogP contribution in [0.4, 0.5) is 4.39 Å². The molecule has 1 aromatic rings. The summed E-state index contributed by atoms with van der Waals surface area (Å²) in [6.45, 7) is 1.30. The molecule has 0 unspecified atom stereocenters. The monoisotopic (exact) mass is 289 g/mol. The minimum absolute atomic E-state index is 0.0763. The maximum absolute atomic E-state index is 13.3. The SMILES string of the molecule is NCC#Cc1cc(F)ccc1C(=O)N1CCNC(=O)CC1. The van der Waals surface area contributed by atoms with Gasteiger partial charge in [0.25, 0.3) is 5.91 Å². The van der Waals surface area contributed by atoms with E-state index in [1.165, 1.54) is 18.2 Å². The second-order valence-electron chi connectivity index (χ2n) is 4.59. The van der Waals surface area contributed by atoms with Crippen LogP contribution >= 0.6 is 0 Å². The molecule has 0 spiro atoms. The standard InChI is InChI=1S/C15H16FN3O2/c16-12-3-4-13(11(10-12)2-1-6-17)15(21)19-8-5-14(20)18-7-9-19/h3-4,10H,5-9,17H2,(H,18,20). The molecule has 5 nitrogen and oxygen atoms in total. The summed E-state index contributed by atoms with van der Waals surface area (Å²) in [6, 6.07) is 3.86. The quantitative estimate of drug-likeness (QED) is 0.720. The van der Waals surface area contributed by atoms with Crippen LogP contribution in [0.5, 0.6) is 0 Å². The van der Waals surface area contributed by atoms with Gasteiger partial charge in [-0.05, 0) is 18.2 Å². The number of carbonyl (C=O) groups is 2. The summed E-state index contributed by atoms with van der Waals surface area (Å²) in [5.41, 5.74) is 5.95. The molecule has 0 aliphatic carbocycles. The third-order valence-corrected chi connectivity index (χ3v) is 3.14. The van der Waals surface area contributed by atoms with Gasteiger partial charge in [0.05, 0.1) is 12.1 Å². The van der Waals surface area contributed by atoms with Crippen LogP contribution in [0.25, 0.3) is 0 Å². The van der Waals surface area contributed by atoms with Crippen LogP contribution in [0.1, 0.15) is 22.3 Å². The van der Waals surface area contributed by atoms with Crippen LogP contribution < -0.4 is 11.1 Å². The second-order valence-corrected chi connectivity index (χ2v) is 4.59. The van der Waals surface area contributed by atoms with Gasteiger partial charge < -0.3 is 16.0 Å². The van der Waals surface area contributed by atoms with Crippen molar-refractivity contribution in [1.82, 2.24) is 10.2 Å². The number of carbonyl (C=O) groups excluding carboxylic acids is 2. The predicted octanol–water partition coefficient (Wildman–Crippen LogP) is 0.0980. The van der Waals surface area contributed by atoms with Gasteiger partial charge in [-0.25, -0.2) is 4.39 Å². The van der Waals surface area contributed by atoms with Crippen molar-refractivity contribution in [2.75, 3.05) is 26.2 Å². The lowest BCUT2D eigenvalue weighted by atomic mass is 10.1. The lowest BCUT2D eigenvalue weighted by Crippen LogP contribution is -2.34. The topological polar surface area (TPSA) is 75.4 Å². The summed E-state index contributed by atoms with van der Waals surface area (Å²) in [6.07, 6.45) is 0.261. The number of amides is 2. The molecule has 2 rings (SSSR count). The number of nitrogens with one attached hydrogen (secondary N) is 1. The summed E-state index contributed by atoms with van der Waals surface area (Å²) in [5.74, 6) is 4.55. The van der Waals surface area contributed by atoms with Crippen molar-refractivity contribution in [2.24, 2.45) is 5.73 Å². The Kier molecular flexibility index (Phi) is 4.90. The zero-order chi connectivity index (χ0) is 15.2. The smallest absolute Gasteiger partial charge is 0.255 e. The van der Waals surface area contributed by atoms with E-state index in [4.69, 9.17) is 5.73 Å². The molecule has 1 saturated heterocycles. The molecule has 0 saturated carbocycles. The average molecular weight is 289 g/mol. The number of benzene rings is 1. The van der Waals surface area contributed by atoms with Gasteiger partial charge in [-0.3, -0.25) is 9.59 Å². The number of nitrogens with zero attached hydrogens (tertiary/aromatic N) is 1. The summed E-state index contributed by atoms with van der Waals surface area (Å²) in [5, 5.41) is 2.70. The Labute approximate surface area is 122 Å². The van der Waals surface area contributed by atoms with Crippen LogP contribution in [-0.4, -0.2) is 42.9 Å². The third kappa shape index (κ3) is 3.80. The minimum Gasteiger partial charge on any atom is -0.354 e. The van der Waals surface area contributed by atoms with Gasteiger partial charge >= 0.3 is 0 Å². The fourth-order valence-corrected chi connectivity index (χ4v) is 2.09. The minimum atomic E-state index is -0.458. The first-order valence-corrected chi connectivity index (χ1v) is 6.66. The number of hydrogen-bond acceptors (Lipinski definition) is 3. The van der Waals surface area contributed by atoms with Crippen molar-refractivity contribution < 1.29 is 14.0 Å². The number of hydrogen-bond donors (Lipinski definition) is 2. The van der Waals surface area contributed by atoms with E-state index >= 15 is 0 Å². The van der Waals surface area contributed by atoms with Gasteiger partial charge in [-0.1, -0.05) is 11.8 Å². The van der Waals surface area contributed by atoms with E-state index < -0.39 is 5.82 Å². The Morgan fingerprint density at radius 1 is 1.43 bits per heavy atom. The van der Waals surface area contributed by atoms with Crippen molar-refractivity contribution in [1.29, 1.82) is 0 Å². The normalized spacial score (nSPS) is 14.8. The zero-order valence-electron chi connectivity index (χ0n) is 11.5. The zero-order valence-corrected chi connectivity index (χ0v) is 11.5. The molecule has 1 fully saturated rings. The average Bonchev–Trinajstić information content (AvgIpc) is 2.69. The van der Waals surface area contributed by atoms with E-state index in [0.717, 1.165) is 0 Å². The Morgan fingerprint density at radius 3 is 3.00 bits per heavy atom. The molecule has 1 aliphatic rings. The molecule has 1 heterocycles. The van der Waals surface area contributed by atoms with E-state index in [9.17, 15) is 14.0 Å². The molecule has 1 aromatic carbocycles. The highest BCUT2D eigenvalue weighted by molar-refractivity contribution is 5.97. The summed E-state index contributed by atoms with van der Waals surface area (Å²) >= 11 is 0. The lowest BCUT2D eigenvalue weighted by Gasteiger charge is -2.20. The Balaban J connectivity index is 2.27. The van der Waals surface area contributed by atoms with Crippen LogP contribution in [0.2, 0.25) is 0 Å². The highest BCUT2D eigenvalue weighted by atomic mass is 19.1. The Morgan fingerprint density at radius 2 is 2.24 bits per heavy atom. The largest absolute Gasteiger partial charge is 0.354 e. The maximum atomic E-state index is 13.3. The molecule has 2 amide bonds. The predicted molar refractivity (Wildman–Crippen MR) is 75.9 cm³/mol. The number of rotatable bonds is 1. The van der Waals surface area contributed by atoms with Crippen molar-refractivity contribution in [2.45, 2.75) is 6.42 Å². The van der Waals surface area contributed by atoms with E-state index in [-0.39, 0.29) is 24.8 Å². The molecular formula is C15H16FN3O2. The fourth-order valence-electron chi connectivity index (χ4n) is 2.09. The molecule has 0 aromatic heterocycles. The van der Waals surface area contributed by atoms with Crippen molar-refractivity contribution in [3.8, 4) is 11.8 Å². The molecule has 110 valence electrons. The Bertz CT molecular complexity index is 619. The first-order valence-electron chi connectivity index (χ1n) is 6.66. The number of nitrogens with two attached hydrogens (primary N) is 1. The van der Waals surface area contributed by atoms with E-state index in [0.29, 0.717) is 30.8 Å². The van der Waals surface area contributed by atoms with Crippen LogP contribution in [0.15, 0.2) is 18.2 Å². The first-order chi connectivity index (χ1) is 10.1. The van der Waals surface area contributed by atoms with Gasteiger partial charge in [0, 0.05) is 31.6 Å². The maximum Gasteiger partial charge on any atom is 0.255 e. The highest BCUT2D eigenvalue weighted by Gasteiger charge is 2.21. The van der Waals surface area contributed by atoms with Crippen molar-refractivity contribution >= 4 is 11.8 Å². The van der Waals surface area contributed by atoms with Crippen molar-refractivity contribution in [3.05, 3.63) is 35.1 Å². The molecule has 21 heavy (non-hydrogen) atoms.